The van der Waals surface area contributed by atoms with E-state index in [2.05, 4.69) is 0 Å². The van der Waals surface area contributed by atoms with Crippen LogP contribution in [0.15, 0.2) is 60.7 Å². The molecule has 142 valence electrons. The van der Waals surface area contributed by atoms with Gasteiger partial charge in [0.25, 0.3) is 5.91 Å². The second-order valence-electron chi connectivity index (χ2n) is 6.33. The number of piperazine rings is 1. The predicted molar refractivity (Wildman–Crippen MR) is 106 cm³/mol. The number of ether oxygens (including phenoxy) is 1. The zero-order chi connectivity index (χ0) is 19.8. The lowest BCUT2D eigenvalue weighted by atomic mass is 10.1. The molecular weight excluding hydrogens is 354 g/mol. The maximum absolute atomic E-state index is 12.5. The molecule has 0 bridgehead atoms. The Balaban J connectivity index is 1.50. The van der Waals surface area contributed by atoms with Gasteiger partial charge in [0.2, 0.25) is 5.91 Å². The monoisotopic (exact) mass is 375 g/mol. The first-order chi connectivity index (χ1) is 13.7. The van der Waals surface area contributed by atoms with Crippen molar-refractivity contribution >= 4 is 17.9 Å². The van der Waals surface area contributed by atoms with Crippen molar-refractivity contribution in [3.63, 3.8) is 0 Å². The van der Waals surface area contributed by atoms with Gasteiger partial charge in [-0.15, -0.1) is 0 Å². The zero-order valence-electron chi connectivity index (χ0n) is 15.5. The van der Waals surface area contributed by atoms with Crippen LogP contribution in [0, 0.1) is 11.3 Å². The minimum Gasteiger partial charge on any atom is -0.479 e. The molecule has 0 atom stereocenters. The fourth-order valence-corrected chi connectivity index (χ4v) is 2.96. The van der Waals surface area contributed by atoms with Gasteiger partial charge in [-0.05, 0) is 35.9 Å². The molecule has 0 N–H and O–H groups in total. The second-order valence-corrected chi connectivity index (χ2v) is 6.33. The number of carbonyl (C=O) groups excluding carboxylic acids is 2. The van der Waals surface area contributed by atoms with Crippen molar-refractivity contribution in [3.8, 4) is 11.8 Å². The molecule has 6 nitrogen and oxygen atoms in total. The molecule has 1 heterocycles. The van der Waals surface area contributed by atoms with Gasteiger partial charge < -0.3 is 14.5 Å². The largest absolute Gasteiger partial charge is 0.479 e. The number of hydrogen-bond donors (Lipinski definition) is 0. The van der Waals surface area contributed by atoms with Gasteiger partial charge in [0.1, 0.15) is 11.8 Å². The van der Waals surface area contributed by atoms with Crippen molar-refractivity contribution in [2.45, 2.75) is 0 Å². The van der Waals surface area contributed by atoms with Crippen LogP contribution in [-0.2, 0) is 4.79 Å². The first kappa shape index (κ1) is 19.2. The highest BCUT2D eigenvalue weighted by atomic mass is 16.5. The van der Waals surface area contributed by atoms with Crippen LogP contribution < -0.4 is 4.74 Å². The highest BCUT2D eigenvalue weighted by molar-refractivity contribution is 5.95. The average Bonchev–Trinajstić information content (AvgIpc) is 2.77. The van der Waals surface area contributed by atoms with Crippen LogP contribution >= 0.6 is 0 Å². The van der Waals surface area contributed by atoms with Crippen molar-refractivity contribution in [1.82, 2.24) is 9.80 Å². The molecule has 0 aliphatic carbocycles. The number of nitriles is 1. The first-order valence-corrected chi connectivity index (χ1v) is 9.08. The number of rotatable bonds is 5. The van der Waals surface area contributed by atoms with Crippen LogP contribution in [0.2, 0.25) is 0 Å². The Morgan fingerprint density at radius 3 is 2.25 bits per heavy atom. The van der Waals surface area contributed by atoms with E-state index in [1.165, 1.54) is 0 Å². The Bertz CT molecular complexity index is 877. The smallest absolute Gasteiger partial charge is 0.253 e. The van der Waals surface area contributed by atoms with Gasteiger partial charge >= 0.3 is 0 Å². The van der Waals surface area contributed by atoms with Gasteiger partial charge in [-0.2, -0.15) is 5.26 Å². The summed E-state index contributed by atoms with van der Waals surface area (Å²) in [6.07, 6.45) is 3.29. The van der Waals surface area contributed by atoms with E-state index < -0.39 is 0 Å². The normalized spacial score (nSPS) is 14.0. The summed E-state index contributed by atoms with van der Waals surface area (Å²) in [4.78, 5) is 28.4. The SMILES string of the molecule is N#CCOc1ccc(/C=C/C(=O)N2CCN(C(=O)c3ccccc3)CC2)cc1. The number of nitrogens with zero attached hydrogens (tertiary/aromatic N) is 3. The van der Waals surface area contributed by atoms with Crippen LogP contribution in [0.1, 0.15) is 15.9 Å². The molecule has 0 saturated carbocycles. The van der Waals surface area contributed by atoms with Crippen LogP contribution in [0.3, 0.4) is 0 Å². The van der Waals surface area contributed by atoms with Crippen LogP contribution in [0.4, 0.5) is 0 Å². The summed E-state index contributed by atoms with van der Waals surface area (Å²) in [7, 11) is 0. The molecule has 28 heavy (non-hydrogen) atoms. The highest BCUT2D eigenvalue weighted by Gasteiger charge is 2.23. The van der Waals surface area contributed by atoms with Crippen molar-refractivity contribution < 1.29 is 14.3 Å². The Hall–Kier alpha value is -3.59. The van der Waals surface area contributed by atoms with Crippen molar-refractivity contribution in [3.05, 3.63) is 71.8 Å². The maximum atomic E-state index is 12.5. The summed E-state index contributed by atoms with van der Waals surface area (Å²) in [6.45, 7) is 2.09. The summed E-state index contributed by atoms with van der Waals surface area (Å²) >= 11 is 0. The first-order valence-electron chi connectivity index (χ1n) is 9.08. The lowest BCUT2D eigenvalue weighted by molar-refractivity contribution is -0.127. The highest BCUT2D eigenvalue weighted by Crippen LogP contribution is 2.14. The quantitative estimate of drug-likeness (QED) is 0.753. The topological polar surface area (TPSA) is 73.6 Å². The fourth-order valence-electron chi connectivity index (χ4n) is 2.96. The van der Waals surface area contributed by atoms with Gasteiger partial charge in [0, 0.05) is 37.8 Å². The van der Waals surface area contributed by atoms with E-state index in [0.717, 1.165) is 5.56 Å². The molecule has 2 aromatic rings. The van der Waals surface area contributed by atoms with Gasteiger partial charge in [0.15, 0.2) is 6.61 Å². The summed E-state index contributed by atoms with van der Waals surface area (Å²) in [6, 6.07) is 18.3. The molecule has 6 heteroatoms. The molecule has 0 radical (unpaired) electrons. The van der Waals surface area contributed by atoms with E-state index in [0.29, 0.717) is 37.5 Å². The Morgan fingerprint density at radius 2 is 1.61 bits per heavy atom. The summed E-state index contributed by atoms with van der Waals surface area (Å²) in [5, 5.41) is 8.51. The third-order valence-corrected chi connectivity index (χ3v) is 4.50. The van der Waals surface area contributed by atoms with E-state index in [-0.39, 0.29) is 18.4 Å². The van der Waals surface area contributed by atoms with E-state index in [1.54, 1.807) is 46.2 Å². The molecule has 2 amide bonds. The van der Waals surface area contributed by atoms with Crippen LogP contribution in [0.5, 0.6) is 5.75 Å². The van der Waals surface area contributed by atoms with Crippen LogP contribution in [-0.4, -0.2) is 54.4 Å². The molecular formula is C22H21N3O3. The standard InChI is InChI=1S/C22H21N3O3/c23-12-17-28-20-9-6-18(7-10-20)8-11-21(26)24-13-15-25(16-14-24)22(27)19-4-2-1-3-5-19/h1-11H,13-17H2/b11-8+. The maximum Gasteiger partial charge on any atom is 0.253 e. The number of amides is 2. The number of carbonyl (C=O) groups is 2. The number of benzene rings is 2. The van der Waals surface area contributed by atoms with Crippen molar-refractivity contribution in [2.75, 3.05) is 32.8 Å². The Labute approximate surface area is 164 Å². The average molecular weight is 375 g/mol. The van der Waals surface area contributed by atoms with Crippen LogP contribution in [0.25, 0.3) is 6.08 Å². The van der Waals surface area contributed by atoms with Gasteiger partial charge in [0.05, 0.1) is 0 Å². The summed E-state index contributed by atoms with van der Waals surface area (Å²) < 4.78 is 5.20. The minimum absolute atomic E-state index is 0.00180. The zero-order valence-corrected chi connectivity index (χ0v) is 15.5. The molecule has 0 aromatic heterocycles. The predicted octanol–water partition coefficient (Wildman–Crippen LogP) is 2.59. The van der Waals surface area contributed by atoms with Gasteiger partial charge in [-0.1, -0.05) is 30.3 Å². The lowest BCUT2D eigenvalue weighted by Gasteiger charge is -2.34. The fraction of sp³-hybridized carbons (Fsp3) is 0.227. The molecule has 1 saturated heterocycles. The van der Waals surface area contributed by atoms with Crippen molar-refractivity contribution in [1.29, 1.82) is 5.26 Å². The van der Waals surface area contributed by atoms with Gasteiger partial charge in [-0.25, -0.2) is 0 Å². The van der Waals surface area contributed by atoms with E-state index in [9.17, 15) is 9.59 Å². The Kier molecular flexibility index (Phi) is 6.42. The molecule has 3 rings (SSSR count). The van der Waals surface area contributed by atoms with Crippen molar-refractivity contribution in [2.24, 2.45) is 0 Å². The third kappa shape index (κ3) is 4.98. The molecule has 0 unspecified atom stereocenters. The number of hydrogen-bond acceptors (Lipinski definition) is 4. The second kappa shape index (κ2) is 9.38. The molecule has 1 aliphatic heterocycles. The summed E-state index contributed by atoms with van der Waals surface area (Å²) in [5.74, 6) is 0.544. The van der Waals surface area contributed by atoms with Gasteiger partial charge in [-0.3, -0.25) is 9.59 Å². The summed E-state index contributed by atoms with van der Waals surface area (Å²) in [5.41, 5.74) is 1.54. The van der Waals surface area contributed by atoms with E-state index in [1.807, 2.05) is 36.4 Å². The Morgan fingerprint density at radius 1 is 0.964 bits per heavy atom. The lowest BCUT2D eigenvalue weighted by Crippen LogP contribution is -2.50. The van der Waals surface area contributed by atoms with E-state index >= 15 is 0 Å². The molecule has 1 aliphatic rings. The molecule has 0 spiro atoms. The van der Waals surface area contributed by atoms with E-state index in [4.69, 9.17) is 10.00 Å². The minimum atomic E-state index is -0.0726. The molecule has 2 aromatic carbocycles. The molecule has 1 fully saturated rings. The third-order valence-electron chi connectivity index (χ3n) is 4.50.